The van der Waals surface area contributed by atoms with E-state index in [1.807, 2.05) is 13.8 Å². The van der Waals surface area contributed by atoms with E-state index in [0.717, 1.165) is 0 Å². The van der Waals surface area contributed by atoms with Gasteiger partial charge < -0.3 is 4.74 Å². The molecule has 1 unspecified atom stereocenters. The van der Waals surface area contributed by atoms with Crippen molar-refractivity contribution in [1.82, 2.24) is 5.32 Å². The molecule has 1 N–H and O–H groups in total. The first kappa shape index (κ1) is 16.2. The number of hydrogen-bond acceptors (Lipinski definition) is 3. The Balaban J connectivity index is 4.56. The molecular formula is C11H20F3NO2. The van der Waals surface area contributed by atoms with Crippen molar-refractivity contribution in [3.63, 3.8) is 0 Å². The third kappa shape index (κ3) is 6.51. The van der Waals surface area contributed by atoms with Crippen LogP contribution in [-0.4, -0.2) is 31.3 Å². The molecule has 0 aromatic heterocycles. The van der Waals surface area contributed by atoms with Crippen LogP contribution in [0.1, 0.15) is 33.6 Å². The predicted octanol–water partition coefficient (Wildman–Crippen LogP) is 2.51. The van der Waals surface area contributed by atoms with Gasteiger partial charge in [-0.1, -0.05) is 13.8 Å². The highest BCUT2D eigenvalue weighted by Gasteiger charge is 2.38. The van der Waals surface area contributed by atoms with Gasteiger partial charge >= 0.3 is 12.1 Å². The zero-order valence-corrected chi connectivity index (χ0v) is 10.6. The molecule has 0 aromatic rings. The van der Waals surface area contributed by atoms with E-state index >= 15 is 0 Å². The summed E-state index contributed by atoms with van der Waals surface area (Å²) in [6, 6.07) is 0. The molecule has 0 aliphatic carbocycles. The van der Waals surface area contributed by atoms with E-state index in [4.69, 9.17) is 0 Å². The van der Waals surface area contributed by atoms with Crippen molar-refractivity contribution >= 4 is 5.97 Å². The van der Waals surface area contributed by atoms with Crippen LogP contribution in [0.5, 0.6) is 0 Å². The molecule has 0 radical (unpaired) electrons. The van der Waals surface area contributed by atoms with Gasteiger partial charge in [-0.05, 0) is 25.7 Å². The van der Waals surface area contributed by atoms with E-state index in [2.05, 4.69) is 10.1 Å². The van der Waals surface area contributed by atoms with E-state index < -0.39 is 24.2 Å². The second-order valence-electron chi connectivity index (χ2n) is 4.72. The lowest BCUT2D eigenvalue weighted by Gasteiger charge is -2.29. The van der Waals surface area contributed by atoms with Gasteiger partial charge in [0.1, 0.15) is 5.54 Å². The molecule has 6 heteroatoms. The third-order valence-electron chi connectivity index (χ3n) is 2.54. The van der Waals surface area contributed by atoms with Gasteiger partial charge in [-0.15, -0.1) is 0 Å². The molecule has 3 nitrogen and oxygen atoms in total. The maximum absolute atomic E-state index is 12.1. The van der Waals surface area contributed by atoms with Crippen LogP contribution in [0.4, 0.5) is 13.2 Å². The van der Waals surface area contributed by atoms with Gasteiger partial charge in [0.05, 0.1) is 13.7 Å². The Morgan fingerprint density at radius 2 is 1.88 bits per heavy atom. The van der Waals surface area contributed by atoms with Gasteiger partial charge in [-0.25, -0.2) is 0 Å². The number of hydrogen-bond donors (Lipinski definition) is 1. The molecule has 0 saturated carbocycles. The van der Waals surface area contributed by atoms with Crippen LogP contribution in [0.3, 0.4) is 0 Å². The minimum absolute atomic E-state index is 0.312. The Labute approximate surface area is 99.7 Å². The van der Waals surface area contributed by atoms with E-state index in [0.29, 0.717) is 18.8 Å². The van der Waals surface area contributed by atoms with Crippen LogP contribution in [-0.2, 0) is 9.53 Å². The zero-order chi connectivity index (χ0) is 13.7. The first-order chi connectivity index (χ1) is 7.60. The quantitative estimate of drug-likeness (QED) is 0.741. The predicted molar refractivity (Wildman–Crippen MR) is 58.6 cm³/mol. The number of nitrogens with one attached hydrogen (secondary N) is 1. The van der Waals surface area contributed by atoms with Crippen molar-refractivity contribution in [2.45, 2.75) is 45.3 Å². The topological polar surface area (TPSA) is 38.3 Å². The van der Waals surface area contributed by atoms with Crippen LogP contribution >= 0.6 is 0 Å². The second-order valence-corrected chi connectivity index (χ2v) is 4.72. The molecule has 17 heavy (non-hydrogen) atoms. The van der Waals surface area contributed by atoms with Crippen molar-refractivity contribution in [1.29, 1.82) is 0 Å². The van der Waals surface area contributed by atoms with Crippen molar-refractivity contribution in [3.05, 3.63) is 0 Å². The Bertz CT molecular complexity index is 254. The van der Waals surface area contributed by atoms with Crippen LogP contribution in [0.15, 0.2) is 0 Å². The SMILES string of the molecule is COC(=O)C(C)(CCC(C)C)NCC(F)(F)F. The molecular weight excluding hydrogens is 235 g/mol. The number of rotatable bonds is 6. The molecule has 0 aliphatic heterocycles. The molecule has 0 fully saturated rings. The molecule has 0 heterocycles. The van der Waals surface area contributed by atoms with Crippen LogP contribution in [0.25, 0.3) is 0 Å². The normalized spacial score (nSPS) is 15.8. The molecule has 0 saturated heterocycles. The fourth-order valence-electron chi connectivity index (χ4n) is 1.36. The molecule has 1 atom stereocenters. The minimum atomic E-state index is -4.34. The van der Waals surface area contributed by atoms with E-state index in [1.165, 1.54) is 14.0 Å². The summed E-state index contributed by atoms with van der Waals surface area (Å²) in [6.45, 7) is 4.13. The van der Waals surface area contributed by atoms with Crippen LogP contribution in [0.2, 0.25) is 0 Å². The van der Waals surface area contributed by atoms with Gasteiger partial charge in [0.15, 0.2) is 0 Å². The van der Waals surface area contributed by atoms with Crippen LogP contribution < -0.4 is 5.32 Å². The largest absolute Gasteiger partial charge is 0.468 e. The summed E-state index contributed by atoms with van der Waals surface area (Å²) in [6.07, 6.45) is -3.38. The van der Waals surface area contributed by atoms with Gasteiger partial charge in [0.2, 0.25) is 0 Å². The smallest absolute Gasteiger partial charge is 0.401 e. The molecule has 0 aromatic carbocycles. The summed E-state index contributed by atoms with van der Waals surface area (Å²) in [7, 11) is 1.17. The van der Waals surface area contributed by atoms with E-state index in [1.54, 1.807) is 0 Å². The lowest BCUT2D eigenvalue weighted by atomic mass is 9.92. The maximum atomic E-state index is 12.1. The monoisotopic (exact) mass is 255 g/mol. The second kappa shape index (κ2) is 6.23. The third-order valence-corrected chi connectivity index (χ3v) is 2.54. The number of halogens is 3. The van der Waals surface area contributed by atoms with Gasteiger partial charge in [-0.2, -0.15) is 13.2 Å². The first-order valence-electron chi connectivity index (χ1n) is 5.51. The summed E-state index contributed by atoms with van der Waals surface area (Å²) in [5, 5.41) is 2.24. The van der Waals surface area contributed by atoms with Gasteiger partial charge in [0.25, 0.3) is 0 Å². The van der Waals surface area contributed by atoms with Gasteiger partial charge in [0, 0.05) is 0 Å². The first-order valence-corrected chi connectivity index (χ1v) is 5.51. The molecule has 0 amide bonds. The van der Waals surface area contributed by atoms with Crippen molar-refractivity contribution in [2.24, 2.45) is 5.92 Å². The molecule has 0 bridgehead atoms. The number of alkyl halides is 3. The lowest BCUT2D eigenvalue weighted by molar-refractivity contribution is -0.153. The summed E-state index contributed by atoms with van der Waals surface area (Å²) in [5.74, 6) is -0.353. The zero-order valence-electron chi connectivity index (χ0n) is 10.6. The fourth-order valence-corrected chi connectivity index (χ4v) is 1.36. The summed E-state index contributed by atoms with van der Waals surface area (Å²) >= 11 is 0. The summed E-state index contributed by atoms with van der Waals surface area (Å²) in [5.41, 5.74) is -1.28. The Morgan fingerprint density at radius 3 is 2.24 bits per heavy atom. The molecule has 0 aliphatic rings. The average Bonchev–Trinajstić information content (AvgIpc) is 2.21. The van der Waals surface area contributed by atoms with E-state index in [9.17, 15) is 18.0 Å². The number of esters is 1. The summed E-state index contributed by atoms with van der Waals surface area (Å²) < 4.78 is 41.0. The van der Waals surface area contributed by atoms with Crippen LogP contribution in [0, 0.1) is 5.92 Å². The highest BCUT2D eigenvalue weighted by Crippen LogP contribution is 2.21. The van der Waals surface area contributed by atoms with E-state index in [-0.39, 0.29) is 0 Å². The number of carbonyl (C=O) groups excluding carboxylic acids is 1. The van der Waals surface area contributed by atoms with Crippen molar-refractivity contribution in [2.75, 3.05) is 13.7 Å². The Hall–Kier alpha value is -0.780. The number of carbonyl (C=O) groups is 1. The standard InChI is InChI=1S/C11H20F3NO2/c1-8(2)5-6-10(3,9(16)17-4)15-7-11(12,13)14/h8,15H,5-7H2,1-4H3. The Morgan fingerprint density at radius 1 is 1.35 bits per heavy atom. The molecule has 102 valence electrons. The Kier molecular flexibility index (Phi) is 5.95. The van der Waals surface area contributed by atoms with Crippen molar-refractivity contribution in [3.8, 4) is 0 Å². The number of methoxy groups -OCH3 is 1. The molecule has 0 spiro atoms. The minimum Gasteiger partial charge on any atom is -0.468 e. The fraction of sp³-hybridized carbons (Fsp3) is 0.909. The van der Waals surface area contributed by atoms with Gasteiger partial charge in [-0.3, -0.25) is 10.1 Å². The van der Waals surface area contributed by atoms with Crippen molar-refractivity contribution < 1.29 is 22.7 Å². The number of ether oxygens (including phenoxy) is 1. The highest BCUT2D eigenvalue weighted by atomic mass is 19.4. The lowest BCUT2D eigenvalue weighted by Crippen LogP contribution is -2.53. The highest BCUT2D eigenvalue weighted by molar-refractivity contribution is 5.80. The summed E-state index contributed by atoms with van der Waals surface area (Å²) in [4.78, 5) is 11.5. The molecule has 0 rings (SSSR count). The average molecular weight is 255 g/mol. The maximum Gasteiger partial charge on any atom is 0.401 e.